The molecule has 0 aliphatic heterocycles. The van der Waals surface area contributed by atoms with Crippen molar-refractivity contribution in [1.82, 2.24) is 20.1 Å². The minimum atomic E-state index is 0.391. The van der Waals surface area contributed by atoms with Crippen molar-refractivity contribution < 1.29 is 9.47 Å². The van der Waals surface area contributed by atoms with Crippen LogP contribution in [0.15, 0.2) is 42.7 Å². The highest BCUT2D eigenvalue weighted by atomic mass is 35.5. The van der Waals surface area contributed by atoms with Crippen LogP contribution in [0.4, 0.5) is 5.95 Å². The maximum absolute atomic E-state index is 6.21. The lowest BCUT2D eigenvalue weighted by molar-refractivity contribution is 0.354. The number of methoxy groups -OCH3 is 2. The summed E-state index contributed by atoms with van der Waals surface area (Å²) >= 11 is 17.7. The lowest BCUT2D eigenvalue weighted by Crippen LogP contribution is -2.30. The van der Waals surface area contributed by atoms with E-state index in [1.807, 2.05) is 18.2 Å². The number of ether oxygens (including phenoxy) is 2. The Morgan fingerprint density at radius 3 is 2.53 bits per heavy atom. The number of aromatic nitrogens is 3. The molecule has 0 aliphatic carbocycles. The fourth-order valence-electron chi connectivity index (χ4n) is 2.78. The number of hydrogen-bond acceptors (Lipinski definition) is 5. The highest BCUT2D eigenvalue weighted by Gasteiger charge is 2.09. The van der Waals surface area contributed by atoms with Crippen LogP contribution in [-0.2, 0) is 13.0 Å². The average molecular weight is 466 g/mol. The van der Waals surface area contributed by atoms with Crippen LogP contribution in [0, 0.1) is 0 Å². The quantitative estimate of drug-likeness (QED) is 0.483. The molecular formula is C20H21Cl2N5O2S. The van der Waals surface area contributed by atoms with E-state index in [4.69, 9.17) is 44.9 Å². The van der Waals surface area contributed by atoms with Crippen molar-refractivity contribution in [3.63, 3.8) is 0 Å². The van der Waals surface area contributed by atoms with Gasteiger partial charge in [0.1, 0.15) is 6.33 Å². The zero-order valence-corrected chi connectivity index (χ0v) is 18.8. The summed E-state index contributed by atoms with van der Waals surface area (Å²) in [5.41, 5.74) is 1.88. The Kier molecular flexibility index (Phi) is 7.73. The van der Waals surface area contributed by atoms with Gasteiger partial charge in [0.2, 0.25) is 5.95 Å². The molecule has 0 radical (unpaired) electrons. The highest BCUT2D eigenvalue weighted by Crippen LogP contribution is 2.27. The van der Waals surface area contributed by atoms with E-state index in [2.05, 4.69) is 20.7 Å². The third-order valence-corrected chi connectivity index (χ3v) is 5.25. The number of nitrogens with zero attached hydrogens (tertiary/aromatic N) is 3. The number of rotatable bonds is 8. The summed E-state index contributed by atoms with van der Waals surface area (Å²) in [6.07, 6.45) is 2.35. The van der Waals surface area contributed by atoms with Crippen molar-refractivity contribution >= 4 is 46.5 Å². The fraction of sp³-hybridized carbons (Fsp3) is 0.250. The summed E-state index contributed by atoms with van der Waals surface area (Å²) in [5.74, 6) is 1.79. The number of benzene rings is 2. The van der Waals surface area contributed by atoms with E-state index in [0.29, 0.717) is 45.7 Å². The number of halogens is 2. The largest absolute Gasteiger partial charge is 0.493 e. The Balaban J connectivity index is 1.50. The van der Waals surface area contributed by atoms with Crippen molar-refractivity contribution in [1.29, 1.82) is 0 Å². The summed E-state index contributed by atoms with van der Waals surface area (Å²) in [6, 6.07) is 11.2. The Morgan fingerprint density at radius 2 is 1.83 bits per heavy atom. The number of nitrogens with one attached hydrogen (secondary N) is 2. The van der Waals surface area contributed by atoms with Gasteiger partial charge in [-0.15, -0.1) is 5.10 Å². The summed E-state index contributed by atoms with van der Waals surface area (Å²) in [5, 5.41) is 12.1. The van der Waals surface area contributed by atoms with Gasteiger partial charge >= 0.3 is 0 Å². The van der Waals surface area contributed by atoms with E-state index in [9.17, 15) is 0 Å². The van der Waals surface area contributed by atoms with Crippen LogP contribution < -0.4 is 20.1 Å². The van der Waals surface area contributed by atoms with Gasteiger partial charge in [0, 0.05) is 22.2 Å². The Morgan fingerprint density at radius 1 is 1.10 bits per heavy atom. The van der Waals surface area contributed by atoms with E-state index in [0.717, 1.165) is 17.5 Å². The maximum atomic E-state index is 6.21. The second-order valence-electron chi connectivity index (χ2n) is 6.29. The zero-order chi connectivity index (χ0) is 21.5. The lowest BCUT2D eigenvalue weighted by atomic mass is 10.1. The van der Waals surface area contributed by atoms with Crippen LogP contribution >= 0.6 is 35.4 Å². The van der Waals surface area contributed by atoms with E-state index in [-0.39, 0.29) is 0 Å². The lowest BCUT2D eigenvalue weighted by Gasteiger charge is -2.11. The molecule has 7 nitrogen and oxygen atoms in total. The van der Waals surface area contributed by atoms with Crippen LogP contribution in [0.5, 0.6) is 11.5 Å². The molecule has 2 N–H and O–H groups in total. The molecule has 1 heterocycles. The third-order valence-electron chi connectivity index (χ3n) is 4.29. The average Bonchev–Trinajstić information content (AvgIpc) is 3.17. The second kappa shape index (κ2) is 10.5. The van der Waals surface area contributed by atoms with Gasteiger partial charge in [-0.3, -0.25) is 5.32 Å². The molecule has 0 atom stereocenters. The number of anilines is 1. The van der Waals surface area contributed by atoms with Crippen LogP contribution in [-0.4, -0.2) is 40.6 Å². The number of thiocarbonyl (C=S) groups is 1. The molecule has 0 fully saturated rings. The van der Waals surface area contributed by atoms with Crippen molar-refractivity contribution in [2.45, 2.75) is 13.0 Å². The van der Waals surface area contributed by atoms with Crippen molar-refractivity contribution in [3.8, 4) is 11.5 Å². The molecule has 0 saturated heterocycles. The molecule has 0 bridgehead atoms. The molecule has 0 saturated carbocycles. The summed E-state index contributed by atoms with van der Waals surface area (Å²) in [4.78, 5) is 4.22. The molecule has 0 amide bonds. The molecule has 0 spiro atoms. The van der Waals surface area contributed by atoms with E-state index in [1.165, 1.54) is 0 Å². The van der Waals surface area contributed by atoms with Gasteiger partial charge in [-0.2, -0.15) is 0 Å². The summed E-state index contributed by atoms with van der Waals surface area (Å²) in [6.45, 7) is 1.05. The van der Waals surface area contributed by atoms with Crippen LogP contribution in [0.3, 0.4) is 0 Å². The third kappa shape index (κ3) is 5.75. The second-order valence-corrected chi connectivity index (χ2v) is 7.51. The van der Waals surface area contributed by atoms with Gasteiger partial charge in [-0.05, 0) is 48.5 Å². The molecule has 3 aromatic rings. The van der Waals surface area contributed by atoms with Crippen LogP contribution in [0.25, 0.3) is 0 Å². The number of hydrogen-bond donors (Lipinski definition) is 2. The minimum Gasteiger partial charge on any atom is -0.493 e. The molecule has 0 aliphatic rings. The fourth-order valence-corrected chi connectivity index (χ4v) is 3.49. The first-order chi connectivity index (χ1) is 14.5. The van der Waals surface area contributed by atoms with Gasteiger partial charge in [0.25, 0.3) is 0 Å². The van der Waals surface area contributed by atoms with Gasteiger partial charge < -0.3 is 14.8 Å². The van der Waals surface area contributed by atoms with E-state index >= 15 is 0 Å². The monoisotopic (exact) mass is 465 g/mol. The van der Waals surface area contributed by atoms with Crippen molar-refractivity contribution in [3.05, 3.63) is 63.9 Å². The zero-order valence-electron chi connectivity index (χ0n) is 16.5. The molecule has 1 aromatic heterocycles. The maximum Gasteiger partial charge on any atom is 0.248 e. The standard InChI is InChI=1S/C20H21Cl2N5O2S/c1-28-17-7-6-13(10-18(17)29-2)8-9-23-20(30)25-19-24-12-27(26-19)11-14-15(21)4-3-5-16(14)22/h3-7,10,12H,8-9,11H2,1-2H3,(H2,23,25,26,30). The Bertz CT molecular complexity index is 1010. The summed E-state index contributed by atoms with van der Waals surface area (Å²) < 4.78 is 12.2. The normalized spacial score (nSPS) is 10.5. The molecule has 2 aromatic carbocycles. The molecule has 0 unspecified atom stereocenters. The predicted octanol–water partition coefficient (Wildman–Crippen LogP) is 4.18. The first-order valence-electron chi connectivity index (χ1n) is 9.08. The van der Waals surface area contributed by atoms with Gasteiger partial charge in [-0.1, -0.05) is 35.3 Å². The molecule has 158 valence electrons. The van der Waals surface area contributed by atoms with Crippen LogP contribution in [0.1, 0.15) is 11.1 Å². The first kappa shape index (κ1) is 22.1. The topological polar surface area (TPSA) is 73.2 Å². The van der Waals surface area contributed by atoms with Gasteiger partial charge in [-0.25, -0.2) is 9.67 Å². The summed E-state index contributed by atoms with van der Waals surface area (Å²) in [7, 11) is 3.23. The SMILES string of the molecule is COc1ccc(CCNC(=S)Nc2ncn(Cc3c(Cl)cccc3Cl)n2)cc1OC. The molecule has 30 heavy (non-hydrogen) atoms. The predicted molar refractivity (Wildman–Crippen MR) is 123 cm³/mol. The van der Waals surface area contributed by atoms with Crippen molar-refractivity contribution in [2.24, 2.45) is 0 Å². The molecule has 10 heteroatoms. The first-order valence-corrected chi connectivity index (χ1v) is 10.2. The smallest absolute Gasteiger partial charge is 0.248 e. The van der Waals surface area contributed by atoms with E-state index in [1.54, 1.807) is 43.4 Å². The van der Waals surface area contributed by atoms with Crippen LogP contribution in [0.2, 0.25) is 10.0 Å². The van der Waals surface area contributed by atoms with Gasteiger partial charge in [0.15, 0.2) is 16.6 Å². The molecule has 3 rings (SSSR count). The Hall–Kier alpha value is -2.55. The minimum absolute atomic E-state index is 0.391. The Labute approximate surface area is 190 Å². The molecular weight excluding hydrogens is 445 g/mol. The van der Waals surface area contributed by atoms with E-state index < -0.39 is 0 Å². The van der Waals surface area contributed by atoms with Gasteiger partial charge in [0.05, 0.1) is 20.8 Å². The highest BCUT2D eigenvalue weighted by molar-refractivity contribution is 7.80. The van der Waals surface area contributed by atoms with Crippen molar-refractivity contribution in [2.75, 3.05) is 26.1 Å².